The third-order valence-corrected chi connectivity index (χ3v) is 5.92. The van der Waals surface area contributed by atoms with Gasteiger partial charge >= 0.3 is 0 Å². The molecule has 0 atom stereocenters. The quantitative estimate of drug-likeness (QED) is 0.575. The minimum absolute atomic E-state index is 0.165. The Morgan fingerprint density at radius 2 is 1.71 bits per heavy atom. The van der Waals surface area contributed by atoms with Crippen molar-refractivity contribution in [1.82, 2.24) is 14.9 Å². The number of benzene rings is 2. The van der Waals surface area contributed by atoms with Gasteiger partial charge in [-0.3, -0.25) is 9.59 Å². The Bertz CT molecular complexity index is 1080. The number of likely N-dealkylation sites (tertiary alicyclic amines) is 1. The topological polar surface area (TPSA) is 75.2 Å². The van der Waals surface area contributed by atoms with Crippen LogP contribution in [0, 0.1) is 13.8 Å². The SMILES string of the molecule is Cc1cc(C)nc(Sc2ccc(NC(=O)c3ccc(CN4CCCC4=O)cc3)cc2)n1. The minimum atomic E-state index is -0.165. The molecule has 1 N–H and O–H groups in total. The fourth-order valence-corrected chi connectivity index (χ4v) is 4.37. The van der Waals surface area contributed by atoms with Crippen molar-refractivity contribution >= 4 is 29.3 Å². The molecule has 0 bridgehead atoms. The van der Waals surface area contributed by atoms with Crippen LogP contribution in [0.3, 0.4) is 0 Å². The molecule has 1 saturated heterocycles. The van der Waals surface area contributed by atoms with Gasteiger partial charge in [0.2, 0.25) is 5.91 Å². The van der Waals surface area contributed by atoms with Gasteiger partial charge in [-0.1, -0.05) is 12.1 Å². The summed E-state index contributed by atoms with van der Waals surface area (Å²) >= 11 is 1.49. The van der Waals surface area contributed by atoms with E-state index in [1.807, 2.05) is 61.2 Å². The van der Waals surface area contributed by atoms with Crippen molar-refractivity contribution in [3.8, 4) is 0 Å². The standard InChI is InChI=1S/C24H24N4O2S/c1-16-14-17(2)26-24(25-16)31-21-11-9-20(10-12-21)27-23(30)19-7-5-18(6-8-19)15-28-13-3-4-22(28)29/h5-12,14H,3-4,13,15H2,1-2H3,(H,27,30). The van der Waals surface area contributed by atoms with E-state index in [1.165, 1.54) is 11.8 Å². The summed E-state index contributed by atoms with van der Waals surface area (Å²) in [6.45, 7) is 5.32. The molecule has 7 heteroatoms. The maximum atomic E-state index is 12.6. The number of carbonyl (C=O) groups excluding carboxylic acids is 2. The number of amides is 2. The molecule has 2 amide bonds. The number of nitrogens with zero attached hydrogens (tertiary/aromatic N) is 3. The van der Waals surface area contributed by atoms with Gasteiger partial charge in [-0.05, 0) is 80.1 Å². The highest BCUT2D eigenvalue weighted by Gasteiger charge is 2.20. The first-order valence-electron chi connectivity index (χ1n) is 10.2. The van der Waals surface area contributed by atoms with Crippen LogP contribution in [0.5, 0.6) is 0 Å². The normalized spacial score (nSPS) is 13.5. The summed E-state index contributed by atoms with van der Waals surface area (Å²) in [4.78, 5) is 36.1. The molecule has 2 aromatic carbocycles. The Balaban J connectivity index is 1.35. The molecule has 0 aliphatic carbocycles. The number of hydrogen-bond donors (Lipinski definition) is 1. The van der Waals surface area contributed by atoms with E-state index in [1.54, 1.807) is 12.1 Å². The molecule has 31 heavy (non-hydrogen) atoms. The van der Waals surface area contributed by atoms with Crippen molar-refractivity contribution in [2.24, 2.45) is 0 Å². The van der Waals surface area contributed by atoms with Crippen LogP contribution in [0.15, 0.2) is 64.6 Å². The molecule has 0 spiro atoms. The fourth-order valence-electron chi connectivity index (χ4n) is 3.51. The first-order chi connectivity index (χ1) is 15.0. The van der Waals surface area contributed by atoms with Gasteiger partial charge in [0.15, 0.2) is 5.16 Å². The number of anilines is 1. The van der Waals surface area contributed by atoms with Gasteiger partial charge in [0.25, 0.3) is 5.91 Å². The number of aryl methyl sites for hydroxylation is 2. The molecule has 4 rings (SSSR count). The highest BCUT2D eigenvalue weighted by Crippen LogP contribution is 2.26. The Morgan fingerprint density at radius 1 is 1.03 bits per heavy atom. The molecule has 6 nitrogen and oxygen atoms in total. The summed E-state index contributed by atoms with van der Waals surface area (Å²) in [5.41, 5.74) is 4.22. The number of rotatable bonds is 6. The second-order valence-electron chi connectivity index (χ2n) is 7.63. The van der Waals surface area contributed by atoms with Crippen molar-refractivity contribution in [3.63, 3.8) is 0 Å². The third kappa shape index (κ3) is 5.49. The molecule has 3 aromatic rings. The largest absolute Gasteiger partial charge is 0.338 e. The number of hydrogen-bond acceptors (Lipinski definition) is 5. The van der Waals surface area contributed by atoms with Crippen molar-refractivity contribution in [3.05, 3.63) is 77.1 Å². The summed E-state index contributed by atoms with van der Waals surface area (Å²) in [5.74, 6) is 0.0365. The van der Waals surface area contributed by atoms with E-state index in [0.29, 0.717) is 23.7 Å². The van der Waals surface area contributed by atoms with Crippen LogP contribution in [-0.4, -0.2) is 33.2 Å². The van der Waals surface area contributed by atoms with Gasteiger partial charge in [-0.25, -0.2) is 9.97 Å². The Morgan fingerprint density at radius 3 is 2.32 bits per heavy atom. The van der Waals surface area contributed by atoms with Crippen molar-refractivity contribution in [2.45, 2.75) is 43.3 Å². The fraction of sp³-hybridized carbons (Fsp3) is 0.250. The maximum absolute atomic E-state index is 12.6. The highest BCUT2D eigenvalue weighted by molar-refractivity contribution is 7.99. The Kier molecular flexibility index (Phi) is 6.32. The lowest BCUT2D eigenvalue weighted by Crippen LogP contribution is -2.23. The summed E-state index contributed by atoms with van der Waals surface area (Å²) in [6, 6.07) is 17.0. The molecule has 0 radical (unpaired) electrons. The van der Waals surface area contributed by atoms with Crippen LogP contribution in [0.1, 0.15) is 40.2 Å². The average Bonchev–Trinajstić information content (AvgIpc) is 3.13. The lowest BCUT2D eigenvalue weighted by molar-refractivity contribution is -0.128. The zero-order chi connectivity index (χ0) is 21.8. The molecule has 0 unspecified atom stereocenters. The van der Waals surface area contributed by atoms with E-state index in [4.69, 9.17) is 0 Å². The Hall–Kier alpha value is -3.19. The zero-order valence-electron chi connectivity index (χ0n) is 17.6. The third-order valence-electron chi connectivity index (χ3n) is 5.04. The lowest BCUT2D eigenvalue weighted by atomic mass is 10.1. The van der Waals surface area contributed by atoms with Gasteiger partial charge in [-0.15, -0.1) is 0 Å². The van der Waals surface area contributed by atoms with Gasteiger partial charge in [0.1, 0.15) is 0 Å². The van der Waals surface area contributed by atoms with Crippen LogP contribution in [0.25, 0.3) is 0 Å². The zero-order valence-corrected chi connectivity index (χ0v) is 18.4. The van der Waals surface area contributed by atoms with Crippen LogP contribution >= 0.6 is 11.8 Å². The molecule has 1 aliphatic heterocycles. The molecule has 0 saturated carbocycles. The van der Waals surface area contributed by atoms with E-state index in [0.717, 1.165) is 40.5 Å². The van der Waals surface area contributed by atoms with Gasteiger partial charge in [0.05, 0.1) is 0 Å². The summed E-state index contributed by atoms with van der Waals surface area (Å²) in [7, 11) is 0. The smallest absolute Gasteiger partial charge is 0.255 e. The predicted molar refractivity (Wildman–Crippen MR) is 121 cm³/mol. The molecule has 2 heterocycles. The molecule has 1 fully saturated rings. The van der Waals surface area contributed by atoms with Crippen LogP contribution in [0.2, 0.25) is 0 Å². The molecular weight excluding hydrogens is 408 g/mol. The first kappa shape index (κ1) is 21.1. The number of nitrogens with one attached hydrogen (secondary N) is 1. The van der Waals surface area contributed by atoms with Crippen LogP contribution in [0.4, 0.5) is 5.69 Å². The molecular formula is C24H24N4O2S. The van der Waals surface area contributed by atoms with Gasteiger partial charge in [-0.2, -0.15) is 0 Å². The molecule has 1 aromatic heterocycles. The van der Waals surface area contributed by atoms with Crippen molar-refractivity contribution in [1.29, 1.82) is 0 Å². The van der Waals surface area contributed by atoms with E-state index in [9.17, 15) is 9.59 Å². The highest BCUT2D eigenvalue weighted by atomic mass is 32.2. The van der Waals surface area contributed by atoms with Gasteiger partial charge < -0.3 is 10.2 Å². The predicted octanol–water partition coefficient (Wildman–Crippen LogP) is 4.62. The maximum Gasteiger partial charge on any atom is 0.255 e. The summed E-state index contributed by atoms with van der Waals surface area (Å²) in [5, 5.41) is 3.64. The Labute approximate surface area is 186 Å². The van der Waals surface area contributed by atoms with E-state index >= 15 is 0 Å². The molecule has 1 aliphatic rings. The second kappa shape index (κ2) is 9.31. The van der Waals surface area contributed by atoms with Crippen molar-refractivity contribution in [2.75, 3.05) is 11.9 Å². The minimum Gasteiger partial charge on any atom is -0.338 e. The number of carbonyl (C=O) groups is 2. The summed E-state index contributed by atoms with van der Waals surface area (Å²) < 4.78 is 0. The lowest BCUT2D eigenvalue weighted by Gasteiger charge is -2.15. The summed E-state index contributed by atoms with van der Waals surface area (Å²) in [6.07, 6.45) is 1.56. The van der Waals surface area contributed by atoms with E-state index in [-0.39, 0.29) is 11.8 Å². The van der Waals surface area contributed by atoms with Gasteiger partial charge in [0, 0.05) is 47.0 Å². The van der Waals surface area contributed by atoms with E-state index < -0.39 is 0 Å². The van der Waals surface area contributed by atoms with Crippen LogP contribution < -0.4 is 5.32 Å². The second-order valence-corrected chi connectivity index (χ2v) is 8.67. The van der Waals surface area contributed by atoms with E-state index in [2.05, 4.69) is 15.3 Å². The first-order valence-corrected chi connectivity index (χ1v) is 11.1. The monoisotopic (exact) mass is 432 g/mol. The van der Waals surface area contributed by atoms with Crippen molar-refractivity contribution < 1.29 is 9.59 Å². The average molecular weight is 433 g/mol. The number of aromatic nitrogens is 2. The molecule has 158 valence electrons. The van der Waals surface area contributed by atoms with Crippen LogP contribution in [-0.2, 0) is 11.3 Å².